The number of ether oxygens (including phenoxy) is 1. The summed E-state index contributed by atoms with van der Waals surface area (Å²) in [5.41, 5.74) is 3.11. The molecular formula is C26H27NO4. The molecule has 31 heavy (non-hydrogen) atoms. The molecule has 2 aromatic rings. The van der Waals surface area contributed by atoms with E-state index in [4.69, 9.17) is 4.74 Å². The van der Waals surface area contributed by atoms with Crippen molar-refractivity contribution in [3.8, 4) is 5.75 Å². The summed E-state index contributed by atoms with van der Waals surface area (Å²) in [4.78, 5) is 38.6. The van der Waals surface area contributed by atoms with Gasteiger partial charge in [-0.05, 0) is 67.0 Å². The molecule has 5 nitrogen and oxygen atoms in total. The lowest BCUT2D eigenvalue weighted by molar-refractivity contribution is -0.136. The number of hydrogen-bond acceptors (Lipinski definition) is 4. The number of fused-ring (bicyclic) bond motifs is 1. The normalized spacial score (nSPS) is 18.1. The van der Waals surface area contributed by atoms with Crippen molar-refractivity contribution < 1.29 is 19.1 Å². The molecule has 1 aliphatic heterocycles. The molecule has 1 saturated heterocycles. The number of amides is 1. The lowest BCUT2D eigenvalue weighted by Crippen LogP contribution is -2.29. The first kappa shape index (κ1) is 21.0. The summed E-state index contributed by atoms with van der Waals surface area (Å²) in [6.07, 6.45) is 7.85. The molecule has 0 spiro atoms. The molecule has 0 saturated carbocycles. The van der Waals surface area contributed by atoms with Gasteiger partial charge in [-0.2, -0.15) is 0 Å². The zero-order valence-corrected chi connectivity index (χ0v) is 17.6. The van der Waals surface area contributed by atoms with Gasteiger partial charge in [0.25, 0.3) is 0 Å². The molecule has 0 bridgehead atoms. The van der Waals surface area contributed by atoms with Crippen LogP contribution < -0.4 is 4.74 Å². The first-order valence-electron chi connectivity index (χ1n) is 11.0. The molecule has 2 aliphatic rings. The Balaban J connectivity index is 1.32. The van der Waals surface area contributed by atoms with Crippen LogP contribution in [0.1, 0.15) is 54.7 Å². The van der Waals surface area contributed by atoms with Crippen LogP contribution in [-0.2, 0) is 20.8 Å². The van der Waals surface area contributed by atoms with Crippen LogP contribution in [0.5, 0.6) is 5.75 Å². The van der Waals surface area contributed by atoms with Gasteiger partial charge in [0.05, 0.1) is 12.3 Å². The second-order valence-corrected chi connectivity index (χ2v) is 8.20. The predicted molar refractivity (Wildman–Crippen MR) is 119 cm³/mol. The SMILES string of the molecule is O=C(/C=C/c1ccc(OC(=O)C2CCCc3ccccc32)cc1)CC(=O)N1CCCC1. The van der Waals surface area contributed by atoms with Crippen molar-refractivity contribution in [2.45, 2.75) is 44.4 Å². The fraction of sp³-hybridized carbons (Fsp3) is 0.346. The van der Waals surface area contributed by atoms with Gasteiger partial charge in [0, 0.05) is 13.1 Å². The molecule has 1 amide bonds. The van der Waals surface area contributed by atoms with Crippen LogP contribution in [-0.4, -0.2) is 35.6 Å². The molecule has 2 aromatic carbocycles. The van der Waals surface area contributed by atoms with Crippen molar-refractivity contribution in [2.75, 3.05) is 13.1 Å². The minimum absolute atomic E-state index is 0.0882. The van der Waals surface area contributed by atoms with Crippen LogP contribution in [0.15, 0.2) is 54.6 Å². The zero-order chi connectivity index (χ0) is 21.6. The Kier molecular flexibility index (Phi) is 6.60. The summed E-state index contributed by atoms with van der Waals surface area (Å²) in [6.45, 7) is 1.50. The Morgan fingerprint density at radius 1 is 0.968 bits per heavy atom. The summed E-state index contributed by atoms with van der Waals surface area (Å²) in [5.74, 6) is -0.274. The Hall–Kier alpha value is -3.21. The Bertz CT molecular complexity index is 987. The number of nitrogens with zero attached hydrogens (tertiary/aromatic N) is 1. The molecule has 1 aliphatic carbocycles. The van der Waals surface area contributed by atoms with E-state index in [2.05, 4.69) is 6.07 Å². The molecule has 5 heteroatoms. The number of hydrogen-bond donors (Lipinski definition) is 0. The maximum Gasteiger partial charge on any atom is 0.318 e. The standard InChI is InChI=1S/C26H27NO4/c28-21(18-25(29)27-16-3-4-17-27)13-10-19-11-14-22(15-12-19)31-26(30)24-9-5-7-20-6-1-2-8-23(20)24/h1-2,6,8,10-15,24H,3-5,7,9,16-18H2/b13-10+. The van der Waals surface area contributed by atoms with Gasteiger partial charge >= 0.3 is 5.97 Å². The fourth-order valence-corrected chi connectivity index (χ4v) is 4.31. The number of aryl methyl sites for hydroxylation is 1. The van der Waals surface area contributed by atoms with Gasteiger partial charge in [0.1, 0.15) is 5.75 Å². The van der Waals surface area contributed by atoms with Crippen molar-refractivity contribution >= 4 is 23.7 Å². The van der Waals surface area contributed by atoms with E-state index in [0.29, 0.717) is 5.75 Å². The van der Waals surface area contributed by atoms with Crippen molar-refractivity contribution in [3.63, 3.8) is 0 Å². The van der Waals surface area contributed by atoms with Crippen LogP contribution in [0.2, 0.25) is 0 Å². The quantitative estimate of drug-likeness (QED) is 0.304. The van der Waals surface area contributed by atoms with Crippen molar-refractivity contribution in [1.29, 1.82) is 0 Å². The van der Waals surface area contributed by atoms with Gasteiger partial charge in [-0.15, -0.1) is 0 Å². The average Bonchev–Trinajstić information content (AvgIpc) is 3.33. The monoisotopic (exact) mass is 417 g/mol. The Morgan fingerprint density at radius 2 is 1.71 bits per heavy atom. The van der Waals surface area contributed by atoms with Crippen molar-refractivity contribution in [3.05, 3.63) is 71.3 Å². The number of rotatable bonds is 6. The molecule has 0 N–H and O–H groups in total. The molecule has 1 unspecified atom stereocenters. The number of esters is 1. The van der Waals surface area contributed by atoms with E-state index in [1.807, 2.05) is 18.2 Å². The minimum atomic E-state index is -0.231. The third-order valence-electron chi connectivity index (χ3n) is 6.00. The summed E-state index contributed by atoms with van der Waals surface area (Å²) >= 11 is 0. The van der Waals surface area contributed by atoms with Gasteiger partial charge in [0.2, 0.25) is 5.91 Å². The highest BCUT2D eigenvalue weighted by molar-refractivity contribution is 6.05. The van der Waals surface area contributed by atoms with Crippen molar-refractivity contribution in [1.82, 2.24) is 4.90 Å². The minimum Gasteiger partial charge on any atom is -0.426 e. The predicted octanol–water partition coefficient (Wildman–Crippen LogP) is 4.31. The molecule has 0 radical (unpaired) electrons. The molecule has 160 valence electrons. The first-order valence-corrected chi connectivity index (χ1v) is 11.0. The third kappa shape index (κ3) is 5.29. The maximum absolute atomic E-state index is 12.7. The van der Waals surface area contributed by atoms with Gasteiger partial charge in [-0.25, -0.2) is 0 Å². The van der Waals surface area contributed by atoms with E-state index >= 15 is 0 Å². The summed E-state index contributed by atoms with van der Waals surface area (Å²) < 4.78 is 5.62. The lowest BCUT2D eigenvalue weighted by Gasteiger charge is -2.23. The summed E-state index contributed by atoms with van der Waals surface area (Å²) in [5, 5.41) is 0. The van der Waals surface area contributed by atoms with Crippen LogP contribution >= 0.6 is 0 Å². The van der Waals surface area contributed by atoms with Gasteiger partial charge in [-0.3, -0.25) is 14.4 Å². The highest BCUT2D eigenvalue weighted by atomic mass is 16.5. The highest BCUT2D eigenvalue weighted by Crippen LogP contribution is 2.32. The second-order valence-electron chi connectivity index (χ2n) is 8.20. The maximum atomic E-state index is 12.7. The number of benzene rings is 2. The molecule has 0 aromatic heterocycles. The number of carbonyl (C=O) groups excluding carboxylic acids is 3. The average molecular weight is 418 g/mol. The Labute approximate surface area is 182 Å². The fourth-order valence-electron chi connectivity index (χ4n) is 4.31. The van der Waals surface area contributed by atoms with E-state index in [0.717, 1.165) is 56.3 Å². The molecule has 1 atom stereocenters. The molecular weight excluding hydrogens is 390 g/mol. The summed E-state index contributed by atoms with van der Waals surface area (Å²) in [6, 6.07) is 15.1. The largest absolute Gasteiger partial charge is 0.426 e. The number of likely N-dealkylation sites (tertiary alicyclic amines) is 1. The first-order chi connectivity index (χ1) is 15.1. The zero-order valence-electron chi connectivity index (χ0n) is 17.6. The van der Waals surface area contributed by atoms with E-state index in [9.17, 15) is 14.4 Å². The molecule has 4 rings (SSSR count). The van der Waals surface area contributed by atoms with Crippen molar-refractivity contribution in [2.24, 2.45) is 0 Å². The van der Waals surface area contributed by atoms with Gasteiger partial charge < -0.3 is 9.64 Å². The van der Waals surface area contributed by atoms with Gasteiger partial charge in [-0.1, -0.05) is 42.5 Å². The highest BCUT2D eigenvalue weighted by Gasteiger charge is 2.27. The third-order valence-corrected chi connectivity index (χ3v) is 6.00. The van der Waals surface area contributed by atoms with Crippen LogP contribution in [0.4, 0.5) is 0 Å². The molecule has 1 fully saturated rings. The molecule has 1 heterocycles. The van der Waals surface area contributed by atoms with Crippen LogP contribution in [0.25, 0.3) is 6.08 Å². The van der Waals surface area contributed by atoms with E-state index in [1.165, 1.54) is 11.6 Å². The summed E-state index contributed by atoms with van der Waals surface area (Å²) in [7, 11) is 0. The second kappa shape index (κ2) is 9.73. The van der Waals surface area contributed by atoms with E-state index < -0.39 is 0 Å². The smallest absolute Gasteiger partial charge is 0.318 e. The Morgan fingerprint density at radius 3 is 2.48 bits per heavy atom. The van der Waals surface area contributed by atoms with E-state index in [1.54, 1.807) is 35.2 Å². The van der Waals surface area contributed by atoms with Crippen LogP contribution in [0, 0.1) is 0 Å². The topological polar surface area (TPSA) is 63.7 Å². The van der Waals surface area contributed by atoms with Crippen LogP contribution in [0.3, 0.4) is 0 Å². The number of ketones is 1. The van der Waals surface area contributed by atoms with E-state index in [-0.39, 0.29) is 30.0 Å². The number of allylic oxidation sites excluding steroid dienone is 1. The van der Waals surface area contributed by atoms with Gasteiger partial charge in [0.15, 0.2) is 5.78 Å². The number of carbonyl (C=O) groups is 3. The lowest BCUT2D eigenvalue weighted by atomic mass is 9.83.